The maximum Gasteiger partial charge on any atom is 0.408 e. The van der Waals surface area contributed by atoms with Crippen molar-refractivity contribution in [3.05, 3.63) is 90.0 Å². The Kier molecular flexibility index (Phi) is 9.41. The number of hydrogen-bond acceptors (Lipinski definition) is 6. The van der Waals surface area contributed by atoms with Crippen molar-refractivity contribution in [3.63, 3.8) is 0 Å². The minimum absolute atomic E-state index is 0.0610. The smallest absolute Gasteiger partial charge is 0.408 e. The van der Waals surface area contributed by atoms with Crippen molar-refractivity contribution in [2.75, 3.05) is 0 Å². The number of imidazole rings is 1. The SMILES string of the molecule is CC(C)[C@H](NC(=O)[C@H](Cc1cnc[nH]1)NC(=O)OCc1ccccc1)C(=O)OCc1ccccc1. The van der Waals surface area contributed by atoms with Crippen LogP contribution in [0.3, 0.4) is 0 Å². The van der Waals surface area contributed by atoms with Crippen LogP contribution < -0.4 is 10.6 Å². The normalized spacial score (nSPS) is 12.4. The van der Waals surface area contributed by atoms with Gasteiger partial charge in [0.25, 0.3) is 0 Å². The van der Waals surface area contributed by atoms with Gasteiger partial charge in [-0.3, -0.25) is 4.79 Å². The Balaban J connectivity index is 1.62. The van der Waals surface area contributed by atoms with Gasteiger partial charge in [-0.2, -0.15) is 0 Å². The molecule has 9 heteroatoms. The minimum atomic E-state index is -0.998. The average molecular weight is 479 g/mol. The molecule has 35 heavy (non-hydrogen) atoms. The van der Waals surface area contributed by atoms with Crippen LogP contribution in [-0.4, -0.2) is 40.0 Å². The van der Waals surface area contributed by atoms with Gasteiger partial charge in [-0.05, 0) is 17.0 Å². The molecule has 0 aliphatic rings. The first-order valence-corrected chi connectivity index (χ1v) is 11.4. The van der Waals surface area contributed by atoms with E-state index in [0.29, 0.717) is 5.69 Å². The molecule has 2 atom stereocenters. The van der Waals surface area contributed by atoms with Crippen LogP contribution in [0, 0.1) is 5.92 Å². The summed E-state index contributed by atoms with van der Waals surface area (Å²) in [7, 11) is 0. The number of amides is 2. The predicted octanol–water partition coefficient (Wildman–Crippen LogP) is 3.13. The number of nitrogens with zero attached hydrogens (tertiary/aromatic N) is 1. The van der Waals surface area contributed by atoms with Gasteiger partial charge in [-0.15, -0.1) is 0 Å². The lowest BCUT2D eigenvalue weighted by molar-refractivity contribution is -0.150. The number of carbonyl (C=O) groups excluding carboxylic acids is 3. The third-order valence-electron chi connectivity index (χ3n) is 5.24. The molecule has 184 valence electrons. The van der Waals surface area contributed by atoms with Crippen LogP contribution in [0.2, 0.25) is 0 Å². The molecule has 0 aliphatic heterocycles. The summed E-state index contributed by atoms with van der Waals surface area (Å²) in [6, 6.07) is 16.6. The third kappa shape index (κ3) is 8.29. The minimum Gasteiger partial charge on any atom is -0.459 e. The Morgan fingerprint density at radius 3 is 2.03 bits per heavy atom. The van der Waals surface area contributed by atoms with E-state index in [1.165, 1.54) is 6.33 Å². The van der Waals surface area contributed by atoms with E-state index in [1.54, 1.807) is 20.0 Å². The highest BCUT2D eigenvalue weighted by Crippen LogP contribution is 2.09. The van der Waals surface area contributed by atoms with E-state index < -0.39 is 30.1 Å². The molecule has 9 nitrogen and oxygen atoms in total. The lowest BCUT2D eigenvalue weighted by Crippen LogP contribution is -2.54. The van der Waals surface area contributed by atoms with Gasteiger partial charge in [-0.1, -0.05) is 74.5 Å². The molecule has 3 rings (SSSR count). The molecule has 3 aromatic rings. The highest BCUT2D eigenvalue weighted by molar-refractivity contribution is 5.90. The number of H-pyrrole nitrogens is 1. The number of aromatic nitrogens is 2. The van der Waals surface area contributed by atoms with Crippen LogP contribution in [0.4, 0.5) is 4.79 Å². The Bertz CT molecular complexity index is 1070. The Morgan fingerprint density at radius 2 is 1.49 bits per heavy atom. The molecule has 0 fully saturated rings. The number of carbonyl (C=O) groups is 3. The molecule has 0 aliphatic carbocycles. The lowest BCUT2D eigenvalue weighted by Gasteiger charge is -2.24. The van der Waals surface area contributed by atoms with Crippen LogP contribution in [0.1, 0.15) is 30.7 Å². The van der Waals surface area contributed by atoms with Gasteiger partial charge in [0.15, 0.2) is 0 Å². The summed E-state index contributed by atoms with van der Waals surface area (Å²) in [6.07, 6.45) is 2.43. The molecule has 0 radical (unpaired) electrons. The second kappa shape index (κ2) is 12.9. The topological polar surface area (TPSA) is 122 Å². The summed E-state index contributed by atoms with van der Waals surface area (Å²) < 4.78 is 10.7. The van der Waals surface area contributed by atoms with Crippen molar-refractivity contribution in [1.82, 2.24) is 20.6 Å². The van der Waals surface area contributed by atoms with E-state index in [4.69, 9.17) is 9.47 Å². The highest BCUT2D eigenvalue weighted by Gasteiger charge is 2.30. The second-order valence-electron chi connectivity index (χ2n) is 8.36. The average Bonchev–Trinajstić information content (AvgIpc) is 3.38. The van der Waals surface area contributed by atoms with Gasteiger partial charge < -0.3 is 25.1 Å². The first kappa shape index (κ1) is 25.5. The van der Waals surface area contributed by atoms with Crippen molar-refractivity contribution in [2.45, 2.75) is 45.6 Å². The summed E-state index contributed by atoms with van der Waals surface area (Å²) >= 11 is 0. The fraction of sp³-hybridized carbons (Fsp3) is 0.308. The summed E-state index contributed by atoms with van der Waals surface area (Å²) in [4.78, 5) is 45.2. The highest BCUT2D eigenvalue weighted by atomic mass is 16.5. The number of benzene rings is 2. The number of esters is 1. The van der Waals surface area contributed by atoms with Gasteiger partial charge in [0.1, 0.15) is 25.3 Å². The van der Waals surface area contributed by atoms with E-state index in [1.807, 2.05) is 60.7 Å². The summed E-state index contributed by atoms with van der Waals surface area (Å²) in [5, 5.41) is 5.32. The molecule has 0 unspecified atom stereocenters. The van der Waals surface area contributed by atoms with Gasteiger partial charge in [0.2, 0.25) is 5.91 Å². The fourth-order valence-electron chi connectivity index (χ4n) is 3.30. The van der Waals surface area contributed by atoms with Crippen LogP contribution in [-0.2, 0) is 38.7 Å². The van der Waals surface area contributed by atoms with E-state index >= 15 is 0 Å². The summed E-state index contributed by atoms with van der Waals surface area (Å²) in [6.45, 7) is 3.77. The molecule has 1 aromatic heterocycles. The zero-order chi connectivity index (χ0) is 25.0. The summed E-state index contributed by atoms with van der Waals surface area (Å²) in [5.41, 5.74) is 2.30. The number of hydrogen-bond donors (Lipinski definition) is 3. The van der Waals surface area contributed by atoms with Gasteiger partial charge >= 0.3 is 12.1 Å². The number of aromatic amines is 1. The molecule has 3 N–H and O–H groups in total. The third-order valence-corrected chi connectivity index (χ3v) is 5.24. The number of ether oxygens (including phenoxy) is 2. The fourth-order valence-corrected chi connectivity index (χ4v) is 3.30. The first-order valence-electron chi connectivity index (χ1n) is 11.4. The molecule has 0 saturated carbocycles. The monoisotopic (exact) mass is 478 g/mol. The van der Waals surface area contributed by atoms with Crippen molar-refractivity contribution >= 4 is 18.0 Å². The largest absolute Gasteiger partial charge is 0.459 e. The second-order valence-corrected chi connectivity index (χ2v) is 8.36. The number of alkyl carbamates (subject to hydrolysis) is 1. The van der Waals surface area contributed by atoms with Gasteiger partial charge in [0.05, 0.1) is 6.33 Å². The summed E-state index contributed by atoms with van der Waals surface area (Å²) in [5.74, 6) is -1.32. The number of rotatable bonds is 11. The van der Waals surface area contributed by atoms with Crippen molar-refractivity contribution in [2.24, 2.45) is 5.92 Å². The zero-order valence-electron chi connectivity index (χ0n) is 19.8. The van der Waals surface area contributed by atoms with Crippen LogP contribution >= 0.6 is 0 Å². The van der Waals surface area contributed by atoms with Crippen LogP contribution in [0.5, 0.6) is 0 Å². The molecular weight excluding hydrogens is 448 g/mol. The van der Waals surface area contributed by atoms with E-state index in [-0.39, 0.29) is 25.6 Å². The first-order chi connectivity index (χ1) is 16.9. The quantitative estimate of drug-likeness (QED) is 0.364. The van der Waals surface area contributed by atoms with Crippen molar-refractivity contribution in [3.8, 4) is 0 Å². The lowest BCUT2D eigenvalue weighted by atomic mass is 10.0. The maximum absolute atomic E-state index is 13.1. The van der Waals surface area contributed by atoms with E-state index in [2.05, 4.69) is 20.6 Å². The molecular formula is C26H30N4O5. The van der Waals surface area contributed by atoms with Crippen molar-refractivity contribution < 1.29 is 23.9 Å². The standard InChI is InChI=1S/C26H30N4O5/c1-18(2)23(25(32)34-15-19-9-5-3-6-10-19)30-24(31)22(13-21-14-27-17-28-21)29-26(33)35-16-20-11-7-4-8-12-20/h3-12,14,17-18,22-23H,13,15-16H2,1-2H3,(H,27,28)(H,29,33)(H,30,31)/t22-,23-/m0/s1. The van der Waals surface area contributed by atoms with E-state index in [9.17, 15) is 14.4 Å². The van der Waals surface area contributed by atoms with Gasteiger partial charge in [-0.25, -0.2) is 14.6 Å². The van der Waals surface area contributed by atoms with Crippen molar-refractivity contribution in [1.29, 1.82) is 0 Å². The zero-order valence-corrected chi connectivity index (χ0v) is 19.8. The molecule has 0 spiro atoms. The Morgan fingerprint density at radius 1 is 0.886 bits per heavy atom. The molecule has 2 aromatic carbocycles. The molecule has 0 bridgehead atoms. The van der Waals surface area contributed by atoms with Gasteiger partial charge in [0, 0.05) is 18.3 Å². The Labute approximate surface area is 204 Å². The van der Waals surface area contributed by atoms with E-state index in [0.717, 1.165) is 11.1 Å². The number of nitrogens with one attached hydrogen (secondary N) is 3. The van der Waals surface area contributed by atoms with Crippen LogP contribution in [0.15, 0.2) is 73.2 Å². The Hall–Kier alpha value is -4.14. The van der Waals surface area contributed by atoms with Crippen LogP contribution in [0.25, 0.3) is 0 Å². The maximum atomic E-state index is 13.1. The molecule has 2 amide bonds. The molecule has 1 heterocycles. The molecule has 0 saturated heterocycles. The predicted molar refractivity (Wildman–Crippen MR) is 129 cm³/mol.